The summed E-state index contributed by atoms with van der Waals surface area (Å²) < 4.78 is 9.46. The van der Waals surface area contributed by atoms with Crippen LogP contribution in [0.3, 0.4) is 0 Å². The van der Waals surface area contributed by atoms with E-state index < -0.39 is 0 Å². The first-order chi connectivity index (χ1) is 17.1. The van der Waals surface area contributed by atoms with Gasteiger partial charge in [-0.15, -0.1) is 0 Å². The van der Waals surface area contributed by atoms with E-state index >= 15 is 0 Å². The second-order valence-electron chi connectivity index (χ2n) is 9.39. The van der Waals surface area contributed by atoms with Gasteiger partial charge in [0.25, 0.3) is 11.1 Å². The van der Waals surface area contributed by atoms with Crippen LogP contribution in [-0.4, -0.2) is 19.1 Å². The number of nitrogens with one attached hydrogen (secondary N) is 1. The van der Waals surface area contributed by atoms with Gasteiger partial charge in [-0.25, -0.2) is 0 Å². The average molecular weight is 481 g/mol. The Morgan fingerprint density at radius 3 is 2.17 bits per heavy atom. The summed E-state index contributed by atoms with van der Waals surface area (Å²) in [6.07, 6.45) is 3.46. The van der Waals surface area contributed by atoms with Crippen molar-refractivity contribution in [3.05, 3.63) is 98.1 Å². The van der Waals surface area contributed by atoms with Gasteiger partial charge in [-0.1, -0.05) is 18.2 Å². The molecule has 0 aliphatic carbocycles. The zero-order valence-electron chi connectivity index (χ0n) is 21.3. The van der Waals surface area contributed by atoms with Gasteiger partial charge in [-0.2, -0.15) is 0 Å². The molecule has 7 nitrogen and oxygen atoms in total. The second-order valence-corrected chi connectivity index (χ2v) is 9.39. The van der Waals surface area contributed by atoms with Crippen molar-refractivity contribution in [2.75, 3.05) is 0 Å². The lowest BCUT2D eigenvalue weighted by molar-refractivity contribution is 0.470. The van der Waals surface area contributed by atoms with E-state index in [1.807, 2.05) is 64.1 Å². The van der Waals surface area contributed by atoms with Crippen molar-refractivity contribution < 1.29 is 4.74 Å². The Balaban J connectivity index is 1.78. The van der Waals surface area contributed by atoms with Crippen LogP contribution in [0.25, 0.3) is 33.3 Å². The number of para-hydroxylation sites is 1. The summed E-state index contributed by atoms with van der Waals surface area (Å²) in [5, 5.41) is 0.722. The highest BCUT2D eigenvalue weighted by Crippen LogP contribution is 2.38. The highest BCUT2D eigenvalue weighted by molar-refractivity contribution is 5.98. The zero-order valence-corrected chi connectivity index (χ0v) is 21.3. The molecule has 0 fully saturated rings. The fraction of sp³-hybridized carbons (Fsp3) is 0.207. The molecule has 1 aromatic carbocycles. The van der Waals surface area contributed by atoms with Gasteiger partial charge in [0, 0.05) is 65.5 Å². The molecule has 0 saturated carbocycles. The Bertz CT molecular complexity index is 1730. The molecule has 5 rings (SSSR count). The molecule has 0 spiro atoms. The summed E-state index contributed by atoms with van der Waals surface area (Å²) in [5.41, 5.74) is 7.03. The third kappa shape index (κ3) is 4.02. The molecule has 0 atom stereocenters. The fourth-order valence-electron chi connectivity index (χ4n) is 4.66. The van der Waals surface area contributed by atoms with Gasteiger partial charge in [0.1, 0.15) is 11.3 Å². The van der Waals surface area contributed by atoms with Crippen molar-refractivity contribution in [1.29, 1.82) is 0 Å². The van der Waals surface area contributed by atoms with Crippen LogP contribution in [-0.2, 0) is 14.1 Å². The van der Waals surface area contributed by atoms with Gasteiger partial charge in [0.2, 0.25) is 0 Å². The van der Waals surface area contributed by atoms with E-state index in [-0.39, 0.29) is 11.1 Å². The molecule has 0 aliphatic heterocycles. The number of fused-ring (bicyclic) bond motifs is 1. The van der Waals surface area contributed by atoms with Crippen molar-refractivity contribution >= 4 is 10.9 Å². The predicted molar refractivity (Wildman–Crippen MR) is 143 cm³/mol. The topological polar surface area (TPSA) is 81.9 Å². The molecule has 0 unspecified atom stereocenters. The average Bonchev–Trinajstić information content (AvgIpc) is 3.26. The summed E-state index contributed by atoms with van der Waals surface area (Å²) in [7, 11) is 3.40. The molecule has 5 aromatic rings. The zero-order chi connectivity index (χ0) is 25.7. The number of hydrogen-bond donors (Lipinski definition) is 1. The molecular weight excluding hydrogens is 452 g/mol. The Labute approximate surface area is 208 Å². The number of nitrogens with zero attached hydrogens (tertiary/aromatic N) is 3. The van der Waals surface area contributed by atoms with Gasteiger partial charge < -0.3 is 18.9 Å². The van der Waals surface area contributed by atoms with Crippen LogP contribution in [0.15, 0.2) is 64.4 Å². The number of ether oxygens (including phenoxy) is 1. The lowest BCUT2D eigenvalue weighted by Crippen LogP contribution is -2.18. The van der Waals surface area contributed by atoms with Crippen molar-refractivity contribution in [2.24, 2.45) is 14.1 Å². The number of aryl methyl sites for hydroxylation is 6. The molecular formula is C29H28N4O3. The van der Waals surface area contributed by atoms with Crippen LogP contribution in [0.5, 0.6) is 11.5 Å². The molecule has 0 aliphatic rings. The number of aromatic nitrogens is 4. The van der Waals surface area contributed by atoms with Crippen molar-refractivity contribution in [3.8, 4) is 33.9 Å². The Hall–Kier alpha value is -4.39. The predicted octanol–water partition coefficient (Wildman–Crippen LogP) is 5.32. The standard InChI is InChI=1S/C29H28N4O3/c1-16-8-7-9-17(2)28(16)36-25-15-32(5)26(34)13-21(25)23-14-33(6)29(35)27-22(23)12-24(31-27)20-10-18(3)30-19(4)11-20/h7-15,31H,1-6H3. The number of benzene rings is 1. The maximum Gasteiger partial charge on any atom is 0.274 e. The Kier molecular flexibility index (Phi) is 5.63. The number of rotatable bonds is 4. The van der Waals surface area contributed by atoms with Crippen molar-refractivity contribution in [1.82, 2.24) is 19.1 Å². The highest BCUT2D eigenvalue weighted by Gasteiger charge is 2.19. The summed E-state index contributed by atoms with van der Waals surface area (Å²) in [4.78, 5) is 33.6. The molecule has 1 N–H and O–H groups in total. The monoisotopic (exact) mass is 480 g/mol. The van der Waals surface area contributed by atoms with Gasteiger partial charge in [-0.05, 0) is 57.0 Å². The first-order valence-electron chi connectivity index (χ1n) is 11.8. The molecule has 0 saturated heterocycles. The quantitative estimate of drug-likeness (QED) is 0.377. The molecule has 4 aromatic heterocycles. The highest BCUT2D eigenvalue weighted by atomic mass is 16.5. The summed E-state index contributed by atoms with van der Waals surface area (Å²) in [6.45, 7) is 7.87. The van der Waals surface area contributed by atoms with Gasteiger partial charge in [0.15, 0.2) is 5.75 Å². The van der Waals surface area contributed by atoms with E-state index in [0.717, 1.165) is 50.5 Å². The van der Waals surface area contributed by atoms with Crippen LogP contribution in [0.4, 0.5) is 0 Å². The van der Waals surface area contributed by atoms with Crippen molar-refractivity contribution in [3.63, 3.8) is 0 Å². The summed E-state index contributed by atoms with van der Waals surface area (Å²) >= 11 is 0. The smallest absolute Gasteiger partial charge is 0.274 e. The first-order valence-corrected chi connectivity index (χ1v) is 11.8. The molecule has 0 bridgehead atoms. The van der Waals surface area contributed by atoms with Gasteiger partial charge in [-0.3, -0.25) is 14.6 Å². The number of aromatic amines is 1. The maximum atomic E-state index is 13.1. The van der Waals surface area contributed by atoms with Crippen LogP contribution >= 0.6 is 0 Å². The number of H-pyrrole nitrogens is 1. The second kappa shape index (κ2) is 8.68. The largest absolute Gasteiger partial charge is 0.455 e. The van der Waals surface area contributed by atoms with E-state index in [1.165, 1.54) is 9.13 Å². The normalized spacial score (nSPS) is 11.3. The molecule has 0 amide bonds. The fourth-order valence-corrected chi connectivity index (χ4v) is 4.66. The van der Waals surface area contributed by atoms with Crippen LogP contribution in [0.2, 0.25) is 0 Å². The SMILES string of the molecule is Cc1cc(-c2cc3c(-c4cc(=O)n(C)cc4Oc4c(C)cccc4C)cn(C)c(=O)c3[nH]2)cc(C)n1. The van der Waals surface area contributed by atoms with E-state index in [9.17, 15) is 9.59 Å². The Morgan fingerprint density at radius 2 is 1.50 bits per heavy atom. The van der Waals surface area contributed by atoms with E-state index in [4.69, 9.17) is 4.74 Å². The molecule has 36 heavy (non-hydrogen) atoms. The van der Waals surface area contributed by atoms with Gasteiger partial charge in [0.05, 0.1) is 6.20 Å². The number of pyridine rings is 3. The van der Waals surface area contributed by atoms with Gasteiger partial charge >= 0.3 is 0 Å². The third-order valence-electron chi connectivity index (χ3n) is 6.46. The summed E-state index contributed by atoms with van der Waals surface area (Å²) in [5.74, 6) is 1.28. The minimum atomic E-state index is -0.169. The molecule has 0 radical (unpaired) electrons. The molecule has 4 heterocycles. The minimum Gasteiger partial charge on any atom is -0.455 e. The Morgan fingerprint density at radius 1 is 0.833 bits per heavy atom. The lowest BCUT2D eigenvalue weighted by atomic mass is 10.0. The maximum absolute atomic E-state index is 13.1. The van der Waals surface area contributed by atoms with E-state index in [2.05, 4.69) is 9.97 Å². The molecule has 182 valence electrons. The minimum absolute atomic E-state index is 0.149. The lowest BCUT2D eigenvalue weighted by Gasteiger charge is -2.17. The van der Waals surface area contributed by atoms with E-state index in [0.29, 0.717) is 16.8 Å². The number of hydrogen-bond acceptors (Lipinski definition) is 4. The molecule has 7 heteroatoms. The van der Waals surface area contributed by atoms with Crippen LogP contribution < -0.4 is 15.9 Å². The van der Waals surface area contributed by atoms with Crippen molar-refractivity contribution in [2.45, 2.75) is 27.7 Å². The summed E-state index contributed by atoms with van der Waals surface area (Å²) in [6, 6.07) is 13.5. The van der Waals surface area contributed by atoms with E-state index in [1.54, 1.807) is 32.6 Å². The third-order valence-corrected chi connectivity index (χ3v) is 6.46. The van der Waals surface area contributed by atoms with Crippen LogP contribution in [0, 0.1) is 27.7 Å². The first kappa shape index (κ1) is 23.4. The van der Waals surface area contributed by atoms with Crippen LogP contribution in [0.1, 0.15) is 22.5 Å².